The van der Waals surface area contributed by atoms with E-state index in [1.807, 2.05) is 0 Å². The topological polar surface area (TPSA) is 124 Å². The summed E-state index contributed by atoms with van der Waals surface area (Å²) in [6, 6.07) is 10.5. The number of hydrogen-bond acceptors (Lipinski definition) is 7. The van der Waals surface area contributed by atoms with Crippen LogP contribution >= 0.6 is 0 Å². The van der Waals surface area contributed by atoms with Crippen molar-refractivity contribution in [1.82, 2.24) is 15.0 Å². The van der Waals surface area contributed by atoms with Gasteiger partial charge >= 0.3 is 12.0 Å². The van der Waals surface area contributed by atoms with E-state index in [1.165, 1.54) is 25.0 Å². The number of ether oxygens (including phenoxy) is 2. The Hall–Kier alpha value is -3.79. The van der Waals surface area contributed by atoms with Crippen molar-refractivity contribution in [2.75, 3.05) is 31.5 Å². The quantitative estimate of drug-likeness (QED) is 0.608. The molecule has 150 valence electrons. The SMILES string of the molecule is COCCn1nnc2ccc(NC(=O)Nc3ccc(C(=O)OC)cc3)cc2c1=O. The Morgan fingerprint density at radius 3 is 2.41 bits per heavy atom. The molecule has 0 aliphatic rings. The molecule has 0 aliphatic heterocycles. The molecule has 10 heteroatoms. The van der Waals surface area contributed by atoms with Crippen LogP contribution in [0.25, 0.3) is 10.9 Å². The number of esters is 1. The van der Waals surface area contributed by atoms with Crippen LogP contribution in [0.1, 0.15) is 10.4 Å². The molecule has 2 N–H and O–H groups in total. The van der Waals surface area contributed by atoms with Crippen LogP contribution in [0, 0.1) is 0 Å². The lowest BCUT2D eigenvalue weighted by Crippen LogP contribution is -2.26. The number of aromatic nitrogens is 3. The number of methoxy groups -OCH3 is 2. The molecule has 3 rings (SSSR count). The van der Waals surface area contributed by atoms with E-state index in [0.29, 0.717) is 34.4 Å². The van der Waals surface area contributed by atoms with Crippen LogP contribution in [-0.2, 0) is 16.0 Å². The maximum atomic E-state index is 12.5. The van der Waals surface area contributed by atoms with Crippen molar-refractivity contribution < 1.29 is 19.1 Å². The third-order valence-corrected chi connectivity index (χ3v) is 4.05. The summed E-state index contributed by atoms with van der Waals surface area (Å²) in [4.78, 5) is 36.2. The fourth-order valence-electron chi connectivity index (χ4n) is 2.58. The number of nitrogens with one attached hydrogen (secondary N) is 2. The number of rotatable bonds is 6. The Balaban J connectivity index is 1.73. The second-order valence-corrected chi connectivity index (χ2v) is 5.99. The molecule has 2 amide bonds. The fourth-order valence-corrected chi connectivity index (χ4v) is 2.58. The molecule has 10 nitrogen and oxygen atoms in total. The number of fused-ring (bicyclic) bond motifs is 1. The zero-order chi connectivity index (χ0) is 20.8. The van der Waals surface area contributed by atoms with Gasteiger partial charge in [-0.2, -0.15) is 0 Å². The zero-order valence-corrected chi connectivity index (χ0v) is 15.8. The van der Waals surface area contributed by atoms with Crippen molar-refractivity contribution in [2.45, 2.75) is 6.54 Å². The van der Waals surface area contributed by atoms with E-state index >= 15 is 0 Å². The molecule has 0 unspecified atom stereocenters. The molecule has 0 spiro atoms. The van der Waals surface area contributed by atoms with Crippen LogP contribution in [0.4, 0.5) is 16.2 Å². The van der Waals surface area contributed by atoms with E-state index in [9.17, 15) is 14.4 Å². The first-order valence-electron chi connectivity index (χ1n) is 8.64. The average Bonchev–Trinajstić information content (AvgIpc) is 2.73. The predicted octanol–water partition coefficient (Wildman–Crippen LogP) is 1.87. The predicted molar refractivity (Wildman–Crippen MR) is 106 cm³/mol. The van der Waals surface area contributed by atoms with Gasteiger partial charge in [0.15, 0.2) is 0 Å². The van der Waals surface area contributed by atoms with Crippen LogP contribution in [-0.4, -0.2) is 47.8 Å². The summed E-state index contributed by atoms with van der Waals surface area (Å²) in [6.45, 7) is 0.604. The largest absolute Gasteiger partial charge is 0.465 e. The number of amides is 2. The third-order valence-electron chi connectivity index (χ3n) is 4.05. The summed E-state index contributed by atoms with van der Waals surface area (Å²) in [5.74, 6) is -0.462. The summed E-state index contributed by atoms with van der Waals surface area (Å²) in [7, 11) is 2.83. The number of carbonyl (C=O) groups excluding carboxylic acids is 2. The van der Waals surface area contributed by atoms with Gasteiger partial charge in [0.05, 0.1) is 31.2 Å². The Labute approximate surface area is 165 Å². The number of benzene rings is 2. The van der Waals surface area contributed by atoms with Crippen LogP contribution in [0.2, 0.25) is 0 Å². The maximum absolute atomic E-state index is 12.5. The standard InChI is InChI=1S/C19H19N5O5/c1-28-10-9-24-17(25)15-11-14(7-8-16(15)22-23-24)21-19(27)20-13-5-3-12(4-6-13)18(26)29-2/h3-8,11H,9-10H2,1-2H3,(H2,20,21,27). The Morgan fingerprint density at radius 2 is 1.72 bits per heavy atom. The smallest absolute Gasteiger partial charge is 0.337 e. The van der Waals surface area contributed by atoms with Gasteiger partial charge in [0.25, 0.3) is 5.56 Å². The molecule has 2 aromatic carbocycles. The molecule has 0 fully saturated rings. The Morgan fingerprint density at radius 1 is 1.03 bits per heavy atom. The summed E-state index contributed by atoms with van der Waals surface area (Å²) in [6.07, 6.45) is 0. The molecule has 3 aromatic rings. The van der Waals surface area contributed by atoms with Crippen molar-refractivity contribution in [3.63, 3.8) is 0 Å². The highest BCUT2D eigenvalue weighted by Gasteiger charge is 2.10. The number of carbonyl (C=O) groups is 2. The zero-order valence-electron chi connectivity index (χ0n) is 15.8. The molecule has 1 heterocycles. The summed E-state index contributed by atoms with van der Waals surface area (Å²) in [5.41, 5.74) is 1.38. The van der Waals surface area contributed by atoms with Gasteiger partial charge in [-0.05, 0) is 42.5 Å². The summed E-state index contributed by atoms with van der Waals surface area (Å²) >= 11 is 0. The van der Waals surface area contributed by atoms with Gasteiger partial charge in [-0.15, -0.1) is 5.10 Å². The molecule has 0 bridgehead atoms. The molecular weight excluding hydrogens is 378 g/mol. The second-order valence-electron chi connectivity index (χ2n) is 5.99. The molecule has 0 saturated carbocycles. The Kier molecular flexibility index (Phi) is 6.15. The lowest BCUT2D eigenvalue weighted by molar-refractivity contribution is 0.0600. The lowest BCUT2D eigenvalue weighted by Gasteiger charge is -2.09. The molecule has 0 atom stereocenters. The molecule has 1 aromatic heterocycles. The van der Waals surface area contributed by atoms with Crippen LogP contribution in [0.3, 0.4) is 0 Å². The second kappa shape index (κ2) is 8.93. The van der Waals surface area contributed by atoms with E-state index in [4.69, 9.17) is 4.74 Å². The average molecular weight is 397 g/mol. The van der Waals surface area contributed by atoms with Crippen LogP contribution < -0.4 is 16.2 Å². The highest BCUT2D eigenvalue weighted by Crippen LogP contribution is 2.15. The van der Waals surface area contributed by atoms with E-state index in [1.54, 1.807) is 36.4 Å². The highest BCUT2D eigenvalue weighted by molar-refractivity contribution is 6.01. The minimum absolute atomic E-state index is 0.276. The first-order chi connectivity index (χ1) is 14.0. The third kappa shape index (κ3) is 4.74. The monoisotopic (exact) mass is 397 g/mol. The first kappa shape index (κ1) is 20.0. The van der Waals surface area contributed by atoms with E-state index in [-0.39, 0.29) is 12.1 Å². The number of anilines is 2. The van der Waals surface area contributed by atoms with Gasteiger partial charge < -0.3 is 20.1 Å². The molecule has 29 heavy (non-hydrogen) atoms. The van der Waals surface area contributed by atoms with Crippen LogP contribution in [0.5, 0.6) is 0 Å². The molecule has 0 aliphatic carbocycles. The fraction of sp³-hybridized carbons (Fsp3) is 0.211. The highest BCUT2D eigenvalue weighted by atomic mass is 16.5. The van der Waals surface area contributed by atoms with Crippen molar-refractivity contribution >= 4 is 34.3 Å². The summed E-state index contributed by atoms with van der Waals surface area (Å²) in [5, 5.41) is 13.5. The van der Waals surface area contributed by atoms with Gasteiger partial charge in [-0.25, -0.2) is 14.3 Å². The van der Waals surface area contributed by atoms with Crippen LogP contribution in [0.15, 0.2) is 47.3 Å². The number of nitrogens with zero attached hydrogens (tertiary/aromatic N) is 3. The molecule has 0 saturated heterocycles. The minimum Gasteiger partial charge on any atom is -0.465 e. The van der Waals surface area contributed by atoms with Crippen molar-refractivity contribution in [1.29, 1.82) is 0 Å². The summed E-state index contributed by atoms with van der Waals surface area (Å²) < 4.78 is 10.8. The van der Waals surface area contributed by atoms with Gasteiger partial charge in [0.2, 0.25) is 0 Å². The van der Waals surface area contributed by atoms with Crippen molar-refractivity contribution in [2.24, 2.45) is 0 Å². The van der Waals surface area contributed by atoms with E-state index in [0.717, 1.165) is 0 Å². The van der Waals surface area contributed by atoms with Gasteiger partial charge in [-0.3, -0.25) is 4.79 Å². The van der Waals surface area contributed by atoms with Crippen molar-refractivity contribution in [3.8, 4) is 0 Å². The van der Waals surface area contributed by atoms with Crippen molar-refractivity contribution in [3.05, 3.63) is 58.4 Å². The molecule has 0 radical (unpaired) electrons. The lowest BCUT2D eigenvalue weighted by atomic mass is 10.2. The molecular formula is C19H19N5O5. The Bertz CT molecular complexity index is 1090. The maximum Gasteiger partial charge on any atom is 0.337 e. The normalized spacial score (nSPS) is 10.6. The van der Waals surface area contributed by atoms with Gasteiger partial charge in [0.1, 0.15) is 5.52 Å². The van der Waals surface area contributed by atoms with E-state index < -0.39 is 12.0 Å². The number of hydrogen-bond donors (Lipinski definition) is 2. The van der Waals surface area contributed by atoms with Gasteiger partial charge in [-0.1, -0.05) is 5.21 Å². The first-order valence-corrected chi connectivity index (χ1v) is 8.64. The minimum atomic E-state index is -0.503. The van der Waals surface area contributed by atoms with Gasteiger partial charge in [0, 0.05) is 18.5 Å². The number of urea groups is 1. The van der Waals surface area contributed by atoms with E-state index in [2.05, 4.69) is 25.7 Å².